The molecule has 19 heavy (non-hydrogen) atoms. The number of hydrogen-bond donors (Lipinski definition) is 0. The van der Waals surface area contributed by atoms with Crippen molar-refractivity contribution < 1.29 is 4.42 Å². The third-order valence-corrected chi connectivity index (χ3v) is 3.32. The molecular formula is C15H19N3O. The molecule has 100 valence electrons. The van der Waals surface area contributed by atoms with Crippen LogP contribution in [0.15, 0.2) is 22.6 Å². The SMILES string of the molecule is Cc1nc2cc(C(N(C)C)C(C)(C)C#N)ccc2o1. The number of nitrogens with zero attached hydrogens (tertiary/aromatic N) is 3. The van der Waals surface area contributed by atoms with Crippen LogP contribution in [-0.4, -0.2) is 24.0 Å². The van der Waals surface area contributed by atoms with E-state index >= 15 is 0 Å². The molecule has 1 unspecified atom stereocenters. The van der Waals surface area contributed by atoms with Crippen molar-refractivity contribution in [3.8, 4) is 6.07 Å². The van der Waals surface area contributed by atoms with Crippen LogP contribution in [0.25, 0.3) is 11.1 Å². The molecule has 0 radical (unpaired) electrons. The second kappa shape index (κ2) is 4.67. The van der Waals surface area contributed by atoms with E-state index in [4.69, 9.17) is 4.42 Å². The van der Waals surface area contributed by atoms with E-state index in [1.165, 1.54) is 0 Å². The Morgan fingerprint density at radius 3 is 2.63 bits per heavy atom. The van der Waals surface area contributed by atoms with Crippen LogP contribution in [0.5, 0.6) is 0 Å². The first-order valence-electron chi connectivity index (χ1n) is 6.30. The smallest absolute Gasteiger partial charge is 0.192 e. The first kappa shape index (κ1) is 13.6. The molecule has 0 saturated heterocycles. The maximum Gasteiger partial charge on any atom is 0.192 e. The van der Waals surface area contributed by atoms with Gasteiger partial charge in [-0.05, 0) is 45.6 Å². The highest BCUT2D eigenvalue weighted by atomic mass is 16.3. The Bertz CT molecular complexity index is 634. The van der Waals surface area contributed by atoms with Crippen molar-refractivity contribution in [2.24, 2.45) is 5.41 Å². The van der Waals surface area contributed by atoms with Gasteiger partial charge in [0.15, 0.2) is 11.5 Å². The number of aromatic nitrogens is 1. The Morgan fingerprint density at radius 2 is 2.05 bits per heavy atom. The normalized spacial score (nSPS) is 13.7. The van der Waals surface area contributed by atoms with Gasteiger partial charge in [0, 0.05) is 6.92 Å². The number of aryl methyl sites for hydroxylation is 1. The van der Waals surface area contributed by atoms with Crippen LogP contribution in [0.1, 0.15) is 31.3 Å². The number of nitriles is 1. The summed E-state index contributed by atoms with van der Waals surface area (Å²) in [5.74, 6) is 0.660. The van der Waals surface area contributed by atoms with Crippen molar-refractivity contribution in [3.63, 3.8) is 0 Å². The van der Waals surface area contributed by atoms with Crippen molar-refractivity contribution in [1.82, 2.24) is 9.88 Å². The highest BCUT2D eigenvalue weighted by molar-refractivity contribution is 5.73. The molecule has 4 heteroatoms. The van der Waals surface area contributed by atoms with Crippen molar-refractivity contribution in [3.05, 3.63) is 29.7 Å². The molecule has 0 bridgehead atoms. The summed E-state index contributed by atoms with van der Waals surface area (Å²) in [4.78, 5) is 6.42. The van der Waals surface area contributed by atoms with Gasteiger partial charge in [-0.1, -0.05) is 6.07 Å². The van der Waals surface area contributed by atoms with E-state index in [0.717, 1.165) is 16.7 Å². The minimum Gasteiger partial charge on any atom is -0.441 e. The maximum absolute atomic E-state index is 9.38. The van der Waals surface area contributed by atoms with Crippen LogP contribution in [0, 0.1) is 23.7 Å². The van der Waals surface area contributed by atoms with Gasteiger partial charge in [-0.15, -0.1) is 0 Å². The second-order valence-corrected chi connectivity index (χ2v) is 5.66. The summed E-state index contributed by atoms with van der Waals surface area (Å²) in [5.41, 5.74) is 2.23. The fourth-order valence-corrected chi connectivity index (χ4v) is 2.65. The molecule has 0 fully saturated rings. The fourth-order valence-electron chi connectivity index (χ4n) is 2.65. The molecule has 1 atom stereocenters. The zero-order valence-electron chi connectivity index (χ0n) is 12.1. The number of oxazole rings is 1. The van der Waals surface area contributed by atoms with Gasteiger partial charge in [-0.2, -0.15) is 5.26 Å². The van der Waals surface area contributed by atoms with Gasteiger partial charge >= 0.3 is 0 Å². The largest absolute Gasteiger partial charge is 0.441 e. The first-order chi connectivity index (χ1) is 8.85. The van der Waals surface area contributed by atoms with Crippen molar-refractivity contribution in [1.29, 1.82) is 5.26 Å². The molecule has 0 amide bonds. The maximum atomic E-state index is 9.38. The van der Waals surface area contributed by atoms with Gasteiger partial charge < -0.3 is 9.32 Å². The van der Waals surface area contributed by atoms with Crippen LogP contribution in [0.3, 0.4) is 0 Å². The molecule has 0 aliphatic carbocycles. The molecule has 2 aromatic rings. The predicted molar refractivity (Wildman–Crippen MR) is 74.6 cm³/mol. The lowest BCUT2D eigenvalue weighted by molar-refractivity contribution is 0.185. The van der Waals surface area contributed by atoms with Gasteiger partial charge in [-0.3, -0.25) is 0 Å². The predicted octanol–water partition coefficient (Wildman–Crippen LogP) is 3.29. The Kier molecular flexibility index (Phi) is 3.34. The minimum atomic E-state index is -0.476. The molecule has 4 nitrogen and oxygen atoms in total. The van der Waals surface area contributed by atoms with Gasteiger partial charge in [-0.25, -0.2) is 4.98 Å². The van der Waals surface area contributed by atoms with Gasteiger partial charge in [0.2, 0.25) is 0 Å². The zero-order chi connectivity index (χ0) is 14.2. The summed E-state index contributed by atoms with van der Waals surface area (Å²) >= 11 is 0. The molecule has 1 aromatic carbocycles. The number of benzene rings is 1. The Labute approximate surface area is 113 Å². The topological polar surface area (TPSA) is 53.1 Å². The van der Waals surface area contributed by atoms with Gasteiger partial charge in [0.05, 0.1) is 17.5 Å². The Balaban J connectivity index is 2.54. The molecular weight excluding hydrogens is 238 g/mol. The summed E-state index contributed by atoms with van der Waals surface area (Å²) in [6.07, 6.45) is 0. The summed E-state index contributed by atoms with van der Waals surface area (Å²) in [6.45, 7) is 5.74. The third kappa shape index (κ3) is 2.47. The van der Waals surface area contributed by atoms with Crippen LogP contribution in [0.2, 0.25) is 0 Å². The number of fused-ring (bicyclic) bond motifs is 1. The second-order valence-electron chi connectivity index (χ2n) is 5.66. The summed E-state index contributed by atoms with van der Waals surface area (Å²) < 4.78 is 5.49. The van der Waals surface area contributed by atoms with E-state index in [9.17, 15) is 5.26 Å². The molecule has 0 aliphatic heterocycles. The Hall–Kier alpha value is -1.86. The van der Waals surface area contributed by atoms with Crippen molar-refractivity contribution >= 4 is 11.1 Å². The number of rotatable bonds is 3. The molecule has 0 saturated carbocycles. The monoisotopic (exact) mass is 257 g/mol. The van der Waals surface area contributed by atoms with E-state index in [0.29, 0.717) is 5.89 Å². The lowest BCUT2D eigenvalue weighted by Gasteiger charge is -2.34. The number of hydrogen-bond acceptors (Lipinski definition) is 4. The van der Waals surface area contributed by atoms with Crippen LogP contribution >= 0.6 is 0 Å². The van der Waals surface area contributed by atoms with E-state index in [1.54, 1.807) is 0 Å². The van der Waals surface area contributed by atoms with E-state index in [-0.39, 0.29) is 6.04 Å². The Morgan fingerprint density at radius 1 is 1.37 bits per heavy atom. The minimum absolute atomic E-state index is 0.0129. The molecule has 0 aliphatic rings. The van der Waals surface area contributed by atoms with E-state index < -0.39 is 5.41 Å². The quantitative estimate of drug-likeness (QED) is 0.846. The molecule has 0 spiro atoms. The third-order valence-electron chi connectivity index (χ3n) is 3.32. The van der Waals surface area contributed by atoms with Crippen LogP contribution in [0.4, 0.5) is 0 Å². The first-order valence-corrected chi connectivity index (χ1v) is 6.30. The zero-order valence-corrected chi connectivity index (χ0v) is 12.1. The lowest BCUT2D eigenvalue weighted by atomic mass is 9.81. The fraction of sp³-hybridized carbons (Fsp3) is 0.467. The summed E-state index contributed by atoms with van der Waals surface area (Å²) in [5, 5.41) is 9.38. The highest BCUT2D eigenvalue weighted by Gasteiger charge is 2.32. The highest BCUT2D eigenvalue weighted by Crippen LogP contribution is 2.37. The standard InChI is InChI=1S/C15H19N3O/c1-10-17-12-8-11(6-7-13(12)19-10)14(18(4)5)15(2,3)9-16/h6-8,14H,1-5H3. The molecule has 0 N–H and O–H groups in total. The molecule has 2 rings (SSSR count). The van der Waals surface area contributed by atoms with Crippen molar-refractivity contribution in [2.45, 2.75) is 26.8 Å². The van der Waals surface area contributed by atoms with E-state index in [2.05, 4.69) is 16.0 Å². The summed E-state index contributed by atoms with van der Waals surface area (Å²) in [7, 11) is 3.98. The molecule has 1 aromatic heterocycles. The average molecular weight is 257 g/mol. The lowest BCUT2D eigenvalue weighted by Crippen LogP contribution is -2.32. The van der Waals surface area contributed by atoms with E-state index in [1.807, 2.05) is 53.1 Å². The average Bonchev–Trinajstić information content (AvgIpc) is 2.67. The van der Waals surface area contributed by atoms with Crippen LogP contribution in [-0.2, 0) is 0 Å². The van der Waals surface area contributed by atoms with Gasteiger partial charge in [0.25, 0.3) is 0 Å². The van der Waals surface area contributed by atoms with Gasteiger partial charge in [0.1, 0.15) is 5.52 Å². The summed E-state index contributed by atoms with van der Waals surface area (Å²) in [6, 6.07) is 8.35. The van der Waals surface area contributed by atoms with Crippen molar-refractivity contribution in [2.75, 3.05) is 14.1 Å². The van der Waals surface area contributed by atoms with Crippen LogP contribution < -0.4 is 0 Å². The molecule has 1 heterocycles.